The topological polar surface area (TPSA) is 62.7 Å². The molecule has 2 aliphatic rings. The van der Waals surface area contributed by atoms with Gasteiger partial charge in [0.25, 0.3) is 5.89 Å². The maximum atomic E-state index is 8.93. The average molecular weight is 279 g/mol. The molecule has 2 saturated carbocycles. The van der Waals surface area contributed by atoms with Crippen molar-refractivity contribution in [1.82, 2.24) is 10.1 Å². The van der Waals surface area contributed by atoms with Crippen LogP contribution >= 0.6 is 0 Å². The number of hydrogen-bond donors (Lipinski definition) is 0. The second kappa shape index (κ2) is 4.70. The molecule has 2 fully saturated rings. The Bertz CT molecular complexity index is 728. The molecule has 2 bridgehead atoms. The lowest BCUT2D eigenvalue weighted by Gasteiger charge is -2.17. The second-order valence-corrected chi connectivity index (χ2v) is 6.38. The molecule has 0 amide bonds. The van der Waals surface area contributed by atoms with Crippen LogP contribution in [-0.4, -0.2) is 10.1 Å². The number of aryl methyl sites for hydroxylation is 1. The van der Waals surface area contributed by atoms with Gasteiger partial charge in [-0.3, -0.25) is 0 Å². The number of rotatable bonds is 2. The van der Waals surface area contributed by atoms with Crippen LogP contribution in [0, 0.1) is 30.1 Å². The van der Waals surface area contributed by atoms with Gasteiger partial charge in [0.05, 0.1) is 11.6 Å². The van der Waals surface area contributed by atoms with E-state index in [2.05, 4.69) is 16.2 Å². The number of hydrogen-bond acceptors (Lipinski definition) is 4. The van der Waals surface area contributed by atoms with Gasteiger partial charge in [-0.05, 0) is 61.8 Å². The highest BCUT2D eigenvalue weighted by molar-refractivity contribution is 5.60. The Morgan fingerprint density at radius 2 is 2.19 bits per heavy atom. The van der Waals surface area contributed by atoms with Gasteiger partial charge in [0.15, 0.2) is 5.82 Å². The summed E-state index contributed by atoms with van der Waals surface area (Å²) in [5, 5.41) is 13.2. The van der Waals surface area contributed by atoms with Crippen LogP contribution in [0.25, 0.3) is 11.5 Å². The molecule has 0 N–H and O–H groups in total. The van der Waals surface area contributed by atoms with Crippen LogP contribution in [-0.2, 0) is 0 Å². The molecule has 1 aromatic carbocycles. The van der Waals surface area contributed by atoms with E-state index < -0.39 is 0 Å². The molecule has 4 nitrogen and oxygen atoms in total. The van der Waals surface area contributed by atoms with Crippen LogP contribution in [0.3, 0.4) is 0 Å². The predicted molar refractivity (Wildman–Crippen MR) is 77.4 cm³/mol. The summed E-state index contributed by atoms with van der Waals surface area (Å²) in [6.07, 6.45) is 5.25. The largest absolute Gasteiger partial charge is 0.334 e. The van der Waals surface area contributed by atoms with Gasteiger partial charge in [0.1, 0.15) is 0 Å². The minimum absolute atomic E-state index is 0.486. The van der Waals surface area contributed by atoms with Gasteiger partial charge in [0.2, 0.25) is 0 Å². The van der Waals surface area contributed by atoms with Gasteiger partial charge in [0, 0.05) is 11.5 Å². The number of aromatic nitrogens is 2. The van der Waals surface area contributed by atoms with Crippen molar-refractivity contribution < 1.29 is 4.52 Å². The maximum absolute atomic E-state index is 8.93. The van der Waals surface area contributed by atoms with Crippen molar-refractivity contribution in [2.75, 3.05) is 0 Å². The zero-order valence-corrected chi connectivity index (χ0v) is 12.0. The molecular weight excluding hydrogens is 262 g/mol. The third kappa shape index (κ3) is 2.04. The summed E-state index contributed by atoms with van der Waals surface area (Å²) < 4.78 is 5.48. The molecule has 0 spiro atoms. The summed E-state index contributed by atoms with van der Waals surface area (Å²) in [6, 6.07) is 7.70. The van der Waals surface area contributed by atoms with Crippen LogP contribution in [0.15, 0.2) is 22.7 Å². The van der Waals surface area contributed by atoms with E-state index in [1.54, 1.807) is 6.07 Å². The molecule has 106 valence electrons. The van der Waals surface area contributed by atoms with Crippen LogP contribution in [0.2, 0.25) is 0 Å². The maximum Gasteiger partial charge on any atom is 0.258 e. The third-order valence-corrected chi connectivity index (χ3v) is 5.10. The smallest absolute Gasteiger partial charge is 0.258 e. The van der Waals surface area contributed by atoms with Gasteiger partial charge in [-0.25, -0.2) is 0 Å². The lowest BCUT2D eigenvalue weighted by atomic mass is 9.88. The number of nitriles is 1. The molecule has 3 unspecified atom stereocenters. The van der Waals surface area contributed by atoms with Gasteiger partial charge in [-0.15, -0.1) is 0 Å². The molecule has 0 radical (unpaired) electrons. The Morgan fingerprint density at radius 3 is 2.86 bits per heavy atom. The first-order valence-corrected chi connectivity index (χ1v) is 7.59. The Hall–Kier alpha value is -2.15. The summed E-state index contributed by atoms with van der Waals surface area (Å²) in [6.45, 7) is 1.97. The van der Waals surface area contributed by atoms with E-state index in [-0.39, 0.29) is 0 Å². The molecule has 1 heterocycles. The molecule has 0 aliphatic heterocycles. The van der Waals surface area contributed by atoms with E-state index >= 15 is 0 Å². The molecule has 1 aromatic heterocycles. The summed E-state index contributed by atoms with van der Waals surface area (Å²) in [7, 11) is 0. The lowest BCUT2D eigenvalue weighted by Crippen LogP contribution is -2.09. The Balaban J connectivity index is 1.64. The zero-order chi connectivity index (χ0) is 14.4. The van der Waals surface area contributed by atoms with Gasteiger partial charge in [-0.2, -0.15) is 10.2 Å². The van der Waals surface area contributed by atoms with Crippen molar-refractivity contribution in [3.8, 4) is 17.5 Å². The summed E-state index contributed by atoms with van der Waals surface area (Å²) in [5.41, 5.74) is 2.58. The highest BCUT2D eigenvalue weighted by Crippen LogP contribution is 2.52. The number of fused-ring (bicyclic) bond motifs is 2. The van der Waals surface area contributed by atoms with Crippen molar-refractivity contribution in [1.29, 1.82) is 5.26 Å². The van der Waals surface area contributed by atoms with E-state index in [0.717, 1.165) is 28.8 Å². The van der Waals surface area contributed by atoms with Crippen molar-refractivity contribution in [3.05, 3.63) is 35.2 Å². The predicted octanol–water partition coefficient (Wildman–Crippen LogP) is 3.82. The first-order valence-electron chi connectivity index (χ1n) is 7.59. The SMILES string of the molecule is Cc1cc(C#N)ccc1-c1nc(C2CC3CCC2C3)no1. The molecule has 3 atom stereocenters. The monoisotopic (exact) mass is 279 g/mol. The fraction of sp³-hybridized carbons (Fsp3) is 0.471. The minimum atomic E-state index is 0.486. The Morgan fingerprint density at radius 1 is 1.29 bits per heavy atom. The van der Waals surface area contributed by atoms with Crippen molar-refractivity contribution in [2.45, 2.75) is 38.5 Å². The molecule has 0 saturated heterocycles. The van der Waals surface area contributed by atoms with Crippen LogP contribution in [0.5, 0.6) is 0 Å². The van der Waals surface area contributed by atoms with E-state index in [1.807, 2.05) is 19.1 Å². The van der Waals surface area contributed by atoms with Crippen molar-refractivity contribution >= 4 is 0 Å². The first-order chi connectivity index (χ1) is 10.2. The fourth-order valence-corrected chi connectivity index (χ4v) is 4.03. The average Bonchev–Trinajstić information content (AvgIpc) is 3.22. The van der Waals surface area contributed by atoms with Crippen molar-refractivity contribution in [3.63, 3.8) is 0 Å². The molecule has 2 aromatic rings. The highest BCUT2D eigenvalue weighted by Gasteiger charge is 2.42. The van der Waals surface area contributed by atoms with Gasteiger partial charge in [-0.1, -0.05) is 11.6 Å². The van der Waals surface area contributed by atoms with Gasteiger partial charge < -0.3 is 4.52 Å². The Kier molecular flexibility index (Phi) is 2.81. The normalized spacial score (nSPS) is 27.0. The lowest BCUT2D eigenvalue weighted by molar-refractivity contribution is 0.372. The van der Waals surface area contributed by atoms with E-state index in [0.29, 0.717) is 17.4 Å². The highest BCUT2D eigenvalue weighted by atomic mass is 16.5. The Labute approximate surface area is 123 Å². The molecular formula is C17H17N3O. The molecule has 2 aliphatic carbocycles. The summed E-state index contributed by atoms with van der Waals surface area (Å²) >= 11 is 0. The number of nitrogens with zero attached hydrogens (tertiary/aromatic N) is 3. The van der Waals surface area contributed by atoms with E-state index in [4.69, 9.17) is 9.78 Å². The second-order valence-electron chi connectivity index (χ2n) is 6.38. The fourth-order valence-electron chi connectivity index (χ4n) is 4.03. The standard InChI is InChI=1S/C17H17N3O/c1-10-6-12(9-18)3-5-14(10)17-19-16(20-21-17)15-8-11-2-4-13(15)7-11/h3,5-6,11,13,15H,2,4,7-8H2,1H3. The number of benzene rings is 1. The third-order valence-electron chi connectivity index (χ3n) is 5.10. The van der Waals surface area contributed by atoms with Gasteiger partial charge >= 0.3 is 0 Å². The molecule has 4 rings (SSSR count). The minimum Gasteiger partial charge on any atom is -0.334 e. The van der Waals surface area contributed by atoms with Crippen LogP contribution < -0.4 is 0 Å². The quantitative estimate of drug-likeness (QED) is 0.838. The van der Waals surface area contributed by atoms with Crippen molar-refractivity contribution in [2.24, 2.45) is 11.8 Å². The summed E-state index contributed by atoms with van der Waals surface area (Å²) in [5.74, 6) is 3.57. The molecule has 21 heavy (non-hydrogen) atoms. The van der Waals surface area contributed by atoms with E-state index in [1.165, 1.54) is 25.7 Å². The zero-order valence-electron chi connectivity index (χ0n) is 12.0. The van der Waals surface area contributed by atoms with Crippen LogP contribution in [0.1, 0.15) is 48.6 Å². The first kappa shape index (κ1) is 12.6. The summed E-state index contributed by atoms with van der Waals surface area (Å²) in [4.78, 5) is 4.64. The van der Waals surface area contributed by atoms with E-state index in [9.17, 15) is 0 Å². The molecule has 4 heteroatoms. The van der Waals surface area contributed by atoms with Crippen LogP contribution in [0.4, 0.5) is 0 Å².